The zero-order valence-electron chi connectivity index (χ0n) is 12.3. The molecule has 1 heterocycles. The Hall–Kier alpha value is -1.03. The molecule has 1 fully saturated rings. The first kappa shape index (κ1) is 15.0. The van der Waals surface area contributed by atoms with E-state index in [4.69, 9.17) is 9.47 Å². The fourth-order valence-corrected chi connectivity index (χ4v) is 2.29. The van der Waals surface area contributed by atoms with Crippen LogP contribution in [0.15, 0.2) is 12.7 Å². The number of ether oxygens (including phenoxy) is 2. The van der Waals surface area contributed by atoms with Gasteiger partial charge in [-0.2, -0.15) is 0 Å². The Morgan fingerprint density at radius 2 is 2.06 bits per heavy atom. The van der Waals surface area contributed by atoms with Gasteiger partial charge in [0.2, 0.25) is 0 Å². The zero-order valence-corrected chi connectivity index (χ0v) is 12.3. The Morgan fingerprint density at radius 3 is 2.50 bits per heavy atom. The van der Waals surface area contributed by atoms with E-state index in [2.05, 4.69) is 6.58 Å². The Bertz CT molecular complexity index is 330. The molecule has 18 heavy (non-hydrogen) atoms. The van der Waals surface area contributed by atoms with E-state index in [1.165, 1.54) is 0 Å². The van der Waals surface area contributed by atoms with Crippen molar-refractivity contribution in [2.75, 3.05) is 0 Å². The highest BCUT2D eigenvalue weighted by Gasteiger charge is 2.48. The van der Waals surface area contributed by atoms with Crippen LogP contribution in [0.3, 0.4) is 0 Å². The van der Waals surface area contributed by atoms with Gasteiger partial charge < -0.3 is 9.47 Å². The smallest absolute Gasteiger partial charge is 0.412 e. The molecule has 2 atom stereocenters. The molecular weight excluding hydrogens is 230 g/mol. The Kier molecular flexibility index (Phi) is 4.11. The summed E-state index contributed by atoms with van der Waals surface area (Å²) >= 11 is 0. The zero-order chi connectivity index (χ0) is 14.1. The molecule has 4 nitrogen and oxygen atoms in total. The van der Waals surface area contributed by atoms with Crippen LogP contribution in [0.25, 0.3) is 0 Å². The standard InChI is InChI=1S/C14H25NO3/c1-8-9-11-10(2)15(14(6,7)17-11)12(16)18-13(3,4)5/h8,10-11H,1,9H2,2-7H3/t10-,11-/m0/s1. The Balaban J connectivity index is 2.86. The molecule has 1 amide bonds. The van der Waals surface area contributed by atoms with E-state index in [1.807, 2.05) is 47.6 Å². The van der Waals surface area contributed by atoms with Crippen LogP contribution in [0.4, 0.5) is 4.79 Å². The van der Waals surface area contributed by atoms with E-state index < -0.39 is 11.3 Å². The van der Waals surface area contributed by atoms with E-state index in [0.29, 0.717) is 0 Å². The van der Waals surface area contributed by atoms with Gasteiger partial charge in [-0.1, -0.05) is 6.08 Å². The molecular formula is C14H25NO3. The lowest BCUT2D eigenvalue weighted by atomic mass is 10.1. The minimum absolute atomic E-state index is 0.0205. The average molecular weight is 255 g/mol. The number of hydrogen-bond donors (Lipinski definition) is 0. The summed E-state index contributed by atoms with van der Waals surface area (Å²) in [7, 11) is 0. The molecule has 0 bridgehead atoms. The van der Waals surface area contributed by atoms with Crippen LogP contribution in [0.1, 0.15) is 48.0 Å². The molecule has 0 unspecified atom stereocenters. The second-order valence-electron chi connectivity index (χ2n) is 6.22. The van der Waals surface area contributed by atoms with Gasteiger partial charge in [0, 0.05) is 0 Å². The van der Waals surface area contributed by atoms with Crippen molar-refractivity contribution in [3.8, 4) is 0 Å². The van der Waals surface area contributed by atoms with Crippen molar-refractivity contribution in [3.05, 3.63) is 12.7 Å². The summed E-state index contributed by atoms with van der Waals surface area (Å²) in [6.07, 6.45) is 2.19. The molecule has 0 aromatic carbocycles. The van der Waals surface area contributed by atoms with E-state index in [1.54, 1.807) is 4.90 Å². The first-order valence-electron chi connectivity index (χ1n) is 6.39. The van der Waals surface area contributed by atoms with Crippen molar-refractivity contribution >= 4 is 6.09 Å². The second-order valence-corrected chi connectivity index (χ2v) is 6.22. The Labute approximate surface area is 110 Å². The SMILES string of the molecule is C=CC[C@@H]1OC(C)(C)N(C(=O)OC(C)(C)C)[C@H]1C. The highest BCUT2D eigenvalue weighted by Crippen LogP contribution is 2.34. The van der Waals surface area contributed by atoms with E-state index in [0.717, 1.165) is 6.42 Å². The predicted octanol–water partition coefficient (Wildman–Crippen LogP) is 3.32. The number of nitrogens with zero attached hydrogens (tertiary/aromatic N) is 1. The monoisotopic (exact) mass is 255 g/mol. The lowest BCUT2D eigenvalue weighted by Crippen LogP contribution is -2.49. The second kappa shape index (κ2) is 4.92. The molecule has 0 N–H and O–H groups in total. The van der Waals surface area contributed by atoms with Gasteiger partial charge in [0.25, 0.3) is 0 Å². The number of rotatable bonds is 2. The summed E-state index contributed by atoms with van der Waals surface area (Å²) in [5.41, 5.74) is -1.14. The minimum Gasteiger partial charge on any atom is -0.444 e. The van der Waals surface area contributed by atoms with Crippen molar-refractivity contribution in [2.45, 2.75) is 71.4 Å². The van der Waals surface area contributed by atoms with Gasteiger partial charge in [-0.3, -0.25) is 4.90 Å². The molecule has 0 aromatic rings. The summed E-state index contributed by atoms with van der Waals surface area (Å²) in [4.78, 5) is 13.9. The molecule has 4 heteroatoms. The van der Waals surface area contributed by atoms with Gasteiger partial charge in [0.1, 0.15) is 11.3 Å². The highest BCUT2D eigenvalue weighted by atomic mass is 16.6. The van der Waals surface area contributed by atoms with Crippen molar-refractivity contribution in [1.82, 2.24) is 4.90 Å². The summed E-state index contributed by atoms with van der Waals surface area (Å²) in [5, 5.41) is 0. The van der Waals surface area contributed by atoms with Crippen LogP contribution in [-0.4, -0.2) is 34.5 Å². The lowest BCUT2D eigenvalue weighted by molar-refractivity contribution is -0.0779. The Morgan fingerprint density at radius 1 is 1.50 bits per heavy atom. The van der Waals surface area contributed by atoms with Crippen LogP contribution in [0.5, 0.6) is 0 Å². The molecule has 0 aromatic heterocycles. The summed E-state index contributed by atoms with van der Waals surface area (Å²) in [6, 6.07) is -0.0205. The fraction of sp³-hybridized carbons (Fsp3) is 0.786. The highest BCUT2D eigenvalue weighted by molar-refractivity contribution is 5.69. The van der Waals surface area contributed by atoms with Crippen molar-refractivity contribution in [1.29, 1.82) is 0 Å². The molecule has 1 aliphatic heterocycles. The first-order chi connectivity index (χ1) is 8.08. The largest absolute Gasteiger partial charge is 0.444 e. The van der Waals surface area contributed by atoms with Crippen LogP contribution in [-0.2, 0) is 9.47 Å². The quantitative estimate of drug-likeness (QED) is 0.710. The normalized spacial score (nSPS) is 27.1. The van der Waals surface area contributed by atoms with Crippen molar-refractivity contribution in [2.24, 2.45) is 0 Å². The third-order valence-electron chi connectivity index (χ3n) is 2.95. The summed E-state index contributed by atoms with van der Waals surface area (Å²) in [5.74, 6) is 0. The van der Waals surface area contributed by atoms with E-state index >= 15 is 0 Å². The van der Waals surface area contributed by atoms with Crippen LogP contribution < -0.4 is 0 Å². The first-order valence-corrected chi connectivity index (χ1v) is 6.39. The van der Waals surface area contributed by atoms with Gasteiger partial charge >= 0.3 is 6.09 Å². The summed E-state index contributed by atoms with van der Waals surface area (Å²) in [6.45, 7) is 15.1. The maximum Gasteiger partial charge on any atom is 0.412 e. The molecule has 1 saturated heterocycles. The predicted molar refractivity (Wildman–Crippen MR) is 71.3 cm³/mol. The number of hydrogen-bond acceptors (Lipinski definition) is 3. The molecule has 104 valence electrons. The van der Waals surface area contributed by atoms with E-state index in [9.17, 15) is 4.79 Å². The molecule has 0 radical (unpaired) electrons. The maximum atomic E-state index is 12.2. The molecule has 1 aliphatic rings. The third-order valence-corrected chi connectivity index (χ3v) is 2.95. The molecule has 1 rings (SSSR count). The number of amides is 1. The van der Waals surface area contributed by atoms with Crippen LogP contribution >= 0.6 is 0 Å². The lowest BCUT2D eigenvalue weighted by Gasteiger charge is -2.34. The number of carbonyl (C=O) groups excluding carboxylic acids is 1. The third kappa shape index (κ3) is 3.25. The van der Waals surface area contributed by atoms with Gasteiger partial charge in [-0.25, -0.2) is 4.79 Å². The van der Waals surface area contributed by atoms with Crippen LogP contribution in [0.2, 0.25) is 0 Å². The maximum absolute atomic E-state index is 12.2. The van der Waals surface area contributed by atoms with Crippen molar-refractivity contribution in [3.63, 3.8) is 0 Å². The fourth-order valence-electron chi connectivity index (χ4n) is 2.29. The molecule has 0 aliphatic carbocycles. The summed E-state index contributed by atoms with van der Waals surface area (Å²) < 4.78 is 11.3. The minimum atomic E-state index is -0.643. The average Bonchev–Trinajstić information content (AvgIpc) is 2.34. The van der Waals surface area contributed by atoms with Gasteiger partial charge in [-0.05, 0) is 48.0 Å². The van der Waals surface area contributed by atoms with Gasteiger partial charge in [0.15, 0.2) is 0 Å². The number of carbonyl (C=O) groups is 1. The van der Waals surface area contributed by atoms with Gasteiger partial charge in [0.05, 0.1) is 12.1 Å². The molecule has 0 spiro atoms. The topological polar surface area (TPSA) is 38.8 Å². The molecule has 0 saturated carbocycles. The van der Waals surface area contributed by atoms with E-state index in [-0.39, 0.29) is 18.2 Å². The van der Waals surface area contributed by atoms with Crippen LogP contribution in [0, 0.1) is 0 Å². The van der Waals surface area contributed by atoms with Gasteiger partial charge in [-0.15, -0.1) is 6.58 Å². The van der Waals surface area contributed by atoms with Crippen molar-refractivity contribution < 1.29 is 14.3 Å².